The van der Waals surface area contributed by atoms with Gasteiger partial charge in [0.15, 0.2) is 5.25 Å². The molecule has 1 unspecified atom stereocenters. The van der Waals surface area contributed by atoms with Gasteiger partial charge in [-0.1, -0.05) is 43.2 Å². The summed E-state index contributed by atoms with van der Waals surface area (Å²) in [6, 6.07) is 10.2. The van der Waals surface area contributed by atoms with Crippen LogP contribution in [0.4, 0.5) is 0 Å². The lowest BCUT2D eigenvalue weighted by molar-refractivity contribution is -0.136. The van der Waals surface area contributed by atoms with E-state index in [1.807, 2.05) is 18.2 Å². The minimum atomic E-state index is -4.56. The highest BCUT2D eigenvalue weighted by atomic mass is 32.2. The van der Waals surface area contributed by atoms with Crippen molar-refractivity contribution in [2.45, 2.75) is 37.4 Å². The zero-order valence-corrected chi connectivity index (χ0v) is 13.3. The van der Waals surface area contributed by atoms with Gasteiger partial charge >= 0.3 is 5.97 Å². The van der Waals surface area contributed by atoms with E-state index in [4.69, 9.17) is 9.66 Å². The third-order valence-corrected chi connectivity index (χ3v) is 4.46. The number of hydrogen-bond acceptors (Lipinski definition) is 4. The van der Waals surface area contributed by atoms with Crippen molar-refractivity contribution < 1.29 is 22.9 Å². The summed E-state index contributed by atoms with van der Waals surface area (Å²) in [6.45, 7) is 0.253. The van der Waals surface area contributed by atoms with Crippen LogP contribution in [0.25, 0.3) is 0 Å². The molecule has 0 aliphatic heterocycles. The fourth-order valence-electron chi connectivity index (χ4n) is 2.13. The van der Waals surface area contributed by atoms with Crippen LogP contribution in [0.15, 0.2) is 30.3 Å². The van der Waals surface area contributed by atoms with Gasteiger partial charge in [-0.05, 0) is 31.4 Å². The predicted octanol–water partition coefficient (Wildman–Crippen LogP) is 1.72. The van der Waals surface area contributed by atoms with E-state index in [-0.39, 0.29) is 6.54 Å². The Labute approximate surface area is 131 Å². The second-order valence-electron chi connectivity index (χ2n) is 5.20. The molecule has 0 aliphatic carbocycles. The molecule has 22 heavy (non-hydrogen) atoms. The van der Waals surface area contributed by atoms with Gasteiger partial charge in [-0.3, -0.25) is 9.35 Å². The Morgan fingerprint density at radius 3 is 2.32 bits per heavy atom. The highest BCUT2D eigenvalue weighted by Gasteiger charge is 2.30. The first-order valence-corrected chi connectivity index (χ1v) is 8.85. The molecular weight excluding hydrogens is 306 g/mol. The summed E-state index contributed by atoms with van der Waals surface area (Å²) in [5.74, 6) is -1.54. The lowest BCUT2D eigenvalue weighted by Gasteiger charge is -2.10. The smallest absolute Gasteiger partial charge is 0.325 e. The number of nitrogens with one attached hydrogen (secondary N) is 1. The van der Waals surface area contributed by atoms with Crippen LogP contribution < -0.4 is 5.32 Å². The quantitative estimate of drug-likeness (QED) is 0.422. The van der Waals surface area contributed by atoms with Crippen molar-refractivity contribution in [2.24, 2.45) is 0 Å². The molecule has 0 aromatic heterocycles. The second kappa shape index (κ2) is 9.55. The molecule has 1 atom stereocenters. The Balaban J connectivity index is 2.07. The lowest BCUT2D eigenvalue weighted by Crippen LogP contribution is -2.39. The van der Waals surface area contributed by atoms with Gasteiger partial charge < -0.3 is 10.4 Å². The average Bonchev–Trinajstić information content (AvgIpc) is 2.44. The minimum Gasteiger partial charge on any atom is -0.480 e. The van der Waals surface area contributed by atoms with Crippen molar-refractivity contribution in [3.8, 4) is 0 Å². The number of hydrogen-bond donors (Lipinski definition) is 3. The summed E-state index contributed by atoms with van der Waals surface area (Å²) in [6.07, 6.45) is 5.03. The maximum Gasteiger partial charge on any atom is 0.325 e. The molecular formula is C15H23NO5S. The maximum atomic E-state index is 10.8. The van der Waals surface area contributed by atoms with Gasteiger partial charge in [0.05, 0.1) is 0 Å². The summed E-state index contributed by atoms with van der Waals surface area (Å²) in [4.78, 5) is 10.7. The molecule has 0 heterocycles. The molecule has 0 amide bonds. The van der Waals surface area contributed by atoms with E-state index in [1.165, 1.54) is 5.56 Å². The van der Waals surface area contributed by atoms with Crippen molar-refractivity contribution in [3.05, 3.63) is 35.9 Å². The Morgan fingerprint density at radius 1 is 1.09 bits per heavy atom. The van der Waals surface area contributed by atoms with Crippen molar-refractivity contribution in [1.29, 1.82) is 0 Å². The average molecular weight is 329 g/mol. The number of unbranched alkanes of at least 4 members (excludes halogenated alkanes) is 3. The lowest BCUT2D eigenvalue weighted by atomic mass is 10.1. The summed E-state index contributed by atoms with van der Waals surface area (Å²) >= 11 is 0. The number of carbonyl (C=O) groups is 1. The molecule has 6 nitrogen and oxygen atoms in total. The molecule has 0 saturated heterocycles. The van der Waals surface area contributed by atoms with E-state index < -0.39 is 21.3 Å². The fraction of sp³-hybridized carbons (Fsp3) is 0.533. The number of aryl methyl sites for hydroxylation is 1. The molecule has 0 spiro atoms. The number of aliphatic carboxylic acids is 1. The third-order valence-electron chi connectivity index (χ3n) is 3.38. The Hall–Kier alpha value is -1.44. The molecule has 3 N–H and O–H groups in total. The summed E-state index contributed by atoms with van der Waals surface area (Å²) in [5, 5.41) is 9.67. The molecule has 0 radical (unpaired) electrons. The highest BCUT2D eigenvalue weighted by molar-refractivity contribution is 7.87. The molecule has 1 aromatic rings. The van der Waals surface area contributed by atoms with Gasteiger partial charge in [-0.25, -0.2) is 0 Å². The monoisotopic (exact) mass is 329 g/mol. The Morgan fingerprint density at radius 2 is 1.73 bits per heavy atom. The van der Waals surface area contributed by atoms with Gasteiger partial charge in [0.25, 0.3) is 10.1 Å². The molecule has 0 saturated carbocycles. The van der Waals surface area contributed by atoms with Gasteiger partial charge in [-0.15, -0.1) is 0 Å². The van der Waals surface area contributed by atoms with E-state index in [1.54, 1.807) is 0 Å². The third kappa shape index (κ3) is 7.53. The minimum absolute atomic E-state index is 0.280. The fourth-order valence-corrected chi connectivity index (χ4v) is 2.71. The van der Waals surface area contributed by atoms with Crippen LogP contribution in [0.2, 0.25) is 0 Å². The van der Waals surface area contributed by atoms with Crippen molar-refractivity contribution >= 4 is 16.1 Å². The molecule has 0 bridgehead atoms. The largest absolute Gasteiger partial charge is 0.480 e. The van der Waals surface area contributed by atoms with Crippen LogP contribution >= 0.6 is 0 Å². The van der Waals surface area contributed by atoms with Crippen LogP contribution in [0, 0.1) is 0 Å². The Bertz CT molecular complexity index is 544. The normalized spacial score (nSPS) is 13.0. The van der Waals surface area contributed by atoms with Crippen molar-refractivity contribution in [3.63, 3.8) is 0 Å². The number of carboxylic acids is 1. The number of rotatable bonds is 11. The highest BCUT2D eigenvalue weighted by Crippen LogP contribution is 2.07. The van der Waals surface area contributed by atoms with Gasteiger partial charge in [0.2, 0.25) is 0 Å². The predicted molar refractivity (Wildman–Crippen MR) is 84.5 cm³/mol. The van der Waals surface area contributed by atoms with Crippen LogP contribution in [0.3, 0.4) is 0 Å². The number of carboxylic acid groups (broad SMARTS) is 1. The van der Waals surface area contributed by atoms with E-state index in [9.17, 15) is 13.2 Å². The standard InChI is InChI=1S/C15H23NO5S/c17-15(18)14(22(19,20)21)12-16-11-7-2-1-4-8-13-9-5-3-6-10-13/h3,5-6,9-10,14,16H,1-2,4,7-8,11-12H2,(H,17,18)(H,19,20,21). The first-order chi connectivity index (χ1) is 10.4. The van der Waals surface area contributed by atoms with E-state index >= 15 is 0 Å². The van der Waals surface area contributed by atoms with E-state index in [0.717, 1.165) is 32.1 Å². The second-order valence-corrected chi connectivity index (χ2v) is 6.79. The maximum absolute atomic E-state index is 10.8. The molecule has 0 fully saturated rings. The van der Waals surface area contributed by atoms with E-state index in [0.29, 0.717) is 6.54 Å². The van der Waals surface area contributed by atoms with Crippen LogP contribution in [0.5, 0.6) is 0 Å². The van der Waals surface area contributed by atoms with Crippen LogP contribution in [-0.4, -0.2) is 42.4 Å². The van der Waals surface area contributed by atoms with Crippen molar-refractivity contribution in [1.82, 2.24) is 5.32 Å². The molecule has 1 rings (SSSR count). The van der Waals surface area contributed by atoms with Gasteiger partial charge in [0, 0.05) is 6.54 Å². The van der Waals surface area contributed by atoms with Gasteiger partial charge in [-0.2, -0.15) is 8.42 Å². The molecule has 124 valence electrons. The SMILES string of the molecule is O=C(O)C(CNCCCCCCc1ccccc1)S(=O)(=O)O. The number of benzene rings is 1. The van der Waals surface area contributed by atoms with E-state index in [2.05, 4.69) is 17.4 Å². The zero-order chi connectivity index (χ0) is 16.4. The van der Waals surface area contributed by atoms with Crippen molar-refractivity contribution in [2.75, 3.05) is 13.1 Å². The first kappa shape index (κ1) is 18.6. The topological polar surface area (TPSA) is 104 Å². The summed E-state index contributed by atoms with van der Waals surface area (Å²) in [7, 11) is -4.56. The molecule has 0 aliphatic rings. The van der Waals surface area contributed by atoms with Crippen LogP contribution in [-0.2, 0) is 21.3 Å². The summed E-state index contributed by atoms with van der Waals surface area (Å²) < 4.78 is 30.5. The van der Waals surface area contributed by atoms with Gasteiger partial charge in [0.1, 0.15) is 0 Å². The first-order valence-electron chi connectivity index (χ1n) is 7.35. The molecule has 1 aromatic carbocycles. The van der Waals surface area contributed by atoms with Crippen LogP contribution in [0.1, 0.15) is 31.2 Å². The summed E-state index contributed by atoms with van der Waals surface area (Å²) in [5.41, 5.74) is 1.32. The molecule has 7 heteroatoms. The Kier molecular flexibility index (Phi) is 8.08. The zero-order valence-electron chi connectivity index (χ0n) is 12.4.